The Balaban J connectivity index is 2.79. The van der Waals surface area contributed by atoms with E-state index in [0.717, 1.165) is 0 Å². The molecular weight excluding hydrogens is 193 g/mol. The van der Waals surface area contributed by atoms with Gasteiger partial charge in [0.05, 0.1) is 0 Å². The van der Waals surface area contributed by atoms with Gasteiger partial charge in [-0.1, -0.05) is 0 Å². The van der Waals surface area contributed by atoms with E-state index in [9.17, 15) is 9.18 Å². The molecule has 0 aliphatic carbocycles. The van der Waals surface area contributed by atoms with Gasteiger partial charge in [-0.3, -0.25) is 4.79 Å². The first-order valence-corrected chi connectivity index (χ1v) is 4.29. The summed E-state index contributed by atoms with van der Waals surface area (Å²) in [6.07, 6.45) is 0. The molecule has 70 valence electrons. The van der Waals surface area contributed by atoms with Gasteiger partial charge in [0.15, 0.2) is 0 Å². The summed E-state index contributed by atoms with van der Waals surface area (Å²) < 4.78 is 12.8. The second-order valence-corrected chi connectivity index (χ2v) is 2.91. The number of carbonyl (C=O) groups is 1. The Morgan fingerprint density at radius 2 is 2.31 bits per heavy atom. The molecule has 0 saturated heterocycles. The van der Waals surface area contributed by atoms with Crippen LogP contribution in [0.1, 0.15) is 5.56 Å². The van der Waals surface area contributed by atoms with Crippen molar-refractivity contribution in [2.75, 3.05) is 11.2 Å². The quantitative estimate of drug-likeness (QED) is 0.731. The van der Waals surface area contributed by atoms with Gasteiger partial charge in [-0.15, -0.1) is 11.6 Å². The van der Waals surface area contributed by atoms with Crippen molar-refractivity contribution in [1.82, 2.24) is 0 Å². The molecule has 1 aromatic carbocycles. The molecule has 1 amide bonds. The number of amides is 1. The van der Waals surface area contributed by atoms with Crippen LogP contribution in [0.15, 0.2) is 18.2 Å². The van der Waals surface area contributed by atoms with E-state index in [1.807, 2.05) is 0 Å². The maximum atomic E-state index is 12.8. The van der Waals surface area contributed by atoms with Crippen LogP contribution in [0, 0.1) is 12.7 Å². The molecule has 0 fully saturated rings. The first kappa shape index (κ1) is 9.99. The summed E-state index contributed by atoms with van der Waals surface area (Å²) >= 11 is 5.29. The average Bonchev–Trinajstić information content (AvgIpc) is 2.11. The molecule has 0 atom stereocenters. The van der Waals surface area contributed by atoms with Crippen molar-refractivity contribution in [3.8, 4) is 0 Å². The second kappa shape index (κ2) is 4.23. The second-order valence-electron chi connectivity index (χ2n) is 2.65. The highest BCUT2D eigenvalue weighted by Gasteiger charge is 2.01. The van der Waals surface area contributed by atoms with Gasteiger partial charge >= 0.3 is 0 Å². The predicted molar refractivity (Wildman–Crippen MR) is 50.5 cm³/mol. The van der Waals surface area contributed by atoms with Crippen LogP contribution in [0.4, 0.5) is 10.1 Å². The van der Waals surface area contributed by atoms with Gasteiger partial charge in [-0.2, -0.15) is 0 Å². The fourth-order valence-corrected chi connectivity index (χ4v) is 0.984. The van der Waals surface area contributed by atoms with Crippen molar-refractivity contribution in [3.63, 3.8) is 0 Å². The molecule has 0 unspecified atom stereocenters. The van der Waals surface area contributed by atoms with Crippen LogP contribution in [-0.2, 0) is 4.79 Å². The number of nitrogens with one attached hydrogen (secondary N) is 1. The summed E-state index contributed by atoms with van der Waals surface area (Å²) in [6.45, 7) is 1.63. The summed E-state index contributed by atoms with van der Waals surface area (Å²) in [5.41, 5.74) is 1.05. The van der Waals surface area contributed by atoms with Gasteiger partial charge in [0.1, 0.15) is 11.7 Å². The topological polar surface area (TPSA) is 29.1 Å². The highest BCUT2D eigenvalue weighted by Crippen LogP contribution is 2.13. The normalized spacial score (nSPS) is 9.77. The molecule has 2 nitrogen and oxygen atoms in total. The molecule has 0 spiro atoms. The van der Waals surface area contributed by atoms with E-state index >= 15 is 0 Å². The first-order valence-electron chi connectivity index (χ1n) is 3.75. The summed E-state index contributed by atoms with van der Waals surface area (Å²) in [7, 11) is 0. The molecule has 1 aromatic rings. The Morgan fingerprint density at radius 1 is 1.62 bits per heavy atom. The summed E-state index contributed by atoms with van der Waals surface area (Å²) in [5.74, 6) is -0.687. The van der Waals surface area contributed by atoms with E-state index in [2.05, 4.69) is 5.32 Å². The number of hydrogen-bond acceptors (Lipinski definition) is 1. The lowest BCUT2D eigenvalue weighted by molar-refractivity contribution is -0.113. The van der Waals surface area contributed by atoms with Crippen molar-refractivity contribution < 1.29 is 9.18 Å². The highest BCUT2D eigenvalue weighted by molar-refractivity contribution is 6.29. The maximum absolute atomic E-state index is 12.8. The Hall–Kier alpha value is -1.09. The lowest BCUT2D eigenvalue weighted by Crippen LogP contribution is -2.12. The van der Waals surface area contributed by atoms with Crippen LogP contribution in [0.2, 0.25) is 0 Å². The Kier molecular flexibility index (Phi) is 3.25. The van der Waals surface area contributed by atoms with Crippen LogP contribution in [-0.4, -0.2) is 11.8 Å². The molecular formula is C9H9ClFNO. The van der Waals surface area contributed by atoms with E-state index < -0.39 is 0 Å². The Morgan fingerprint density at radius 3 is 2.85 bits per heavy atom. The average molecular weight is 202 g/mol. The van der Waals surface area contributed by atoms with E-state index in [1.54, 1.807) is 13.0 Å². The fourth-order valence-electron chi connectivity index (χ4n) is 0.917. The number of alkyl halides is 1. The monoisotopic (exact) mass is 201 g/mol. The number of hydrogen-bond donors (Lipinski definition) is 1. The minimum absolute atomic E-state index is 0.101. The maximum Gasteiger partial charge on any atom is 0.239 e. The van der Waals surface area contributed by atoms with E-state index in [-0.39, 0.29) is 17.6 Å². The summed E-state index contributed by atoms with van der Waals surface area (Å²) in [6, 6.07) is 4.35. The first-order chi connectivity index (χ1) is 6.13. The predicted octanol–water partition coefficient (Wildman–Crippen LogP) is 2.31. The van der Waals surface area contributed by atoms with Crippen molar-refractivity contribution in [2.45, 2.75) is 6.92 Å². The summed E-state index contributed by atoms with van der Waals surface area (Å²) in [5, 5.41) is 2.52. The lowest BCUT2D eigenvalue weighted by Gasteiger charge is -2.03. The highest BCUT2D eigenvalue weighted by atomic mass is 35.5. The Labute approximate surface area is 80.7 Å². The minimum Gasteiger partial charge on any atom is -0.325 e. The molecule has 0 aliphatic rings. The van der Waals surface area contributed by atoms with Crippen LogP contribution in [0.5, 0.6) is 0 Å². The SMILES string of the molecule is Cc1cc(NC(=O)CCl)ccc1F. The van der Waals surface area contributed by atoms with Crippen molar-refractivity contribution in [1.29, 1.82) is 0 Å². The lowest BCUT2D eigenvalue weighted by atomic mass is 10.2. The van der Waals surface area contributed by atoms with Crippen LogP contribution in [0.25, 0.3) is 0 Å². The van der Waals surface area contributed by atoms with Gasteiger partial charge in [-0.05, 0) is 30.7 Å². The number of halogens is 2. The molecule has 13 heavy (non-hydrogen) atoms. The molecule has 0 aliphatic heterocycles. The van der Waals surface area contributed by atoms with Crippen LogP contribution >= 0.6 is 11.6 Å². The van der Waals surface area contributed by atoms with Gasteiger partial charge in [0.25, 0.3) is 0 Å². The smallest absolute Gasteiger partial charge is 0.239 e. The van der Waals surface area contributed by atoms with Gasteiger partial charge in [0.2, 0.25) is 5.91 Å². The van der Waals surface area contributed by atoms with Gasteiger partial charge in [0, 0.05) is 5.69 Å². The molecule has 4 heteroatoms. The standard InChI is InChI=1S/C9H9ClFNO/c1-6-4-7(2-3-8(6)11)12-9(13)5-10/h2-4H,5H2,1H3,(H,12,13). The largest absolute Gasteiger partial charge is 0.325 e. The van der Waals surface area contributed by atoms with Gasteiger partial charge < -0.3 is 5.32 Å². The zero-order valence-electron chi connectivity index (χ0n) is 7.10. The third-order valence-electron chi connectivity index (χ3n) is 1.56. The number of rotatable bonds is 2. The molecule has 0 aromatic heterocycles. The van der Waals surface area contributed by atoms with Crippen molar-refractivity contribution in [3.05, 3.63) is 29.6 Å². The third-order valence-corrected chi connectivity index (χ3v) is 1.81. The zero-order chi connectivity index (χ0) is 9.84. The van der Waals surface area contributed by atoms with Crippen LogP contribution < -0.4 is 5.32 Å². The zero-order valence-corrected chi connectivity index (χ0v) is 7.86. The molecule has 0 bridgehead atoms. The molecule has 0 saturated carbocycles. The van der Waals surface area contributed by atoms with Crippen molar-refractivity contribution in [2.24, 2.45) is 0 Å². The Bertz CT molecular complexity index is 327. The van der Waals surface area contributed by atoms with Crippen molar-refractivity contribution >= 4 is 23.2 Å². The number of aryl methyl sites for hydroxylation is 1. The molecule has 0 heterocycles. The van der Waals surface area contributed by atoms with Crippen LogP contribution in [0.3, 0.4) is 0 Å². The van der Waals surface area contributed by atoms with E-state index in [1.165, 1.54) is 12.1 Å². The number of benzene rings is 1. The van der Waals surface area contributed by atoms with E-state index in [0.29, 0.717) is 11.3 Å². The van der Waals surface area contributed by atoms with Gasteiger partial charge in [-0.25, -0.2) is 4.39 Å². The number of carbonyl (C=O) groups excluding carboxylic acids is 1. The molecule has 1 N–H and O–H groups in total. The van der Waals surface area contributed by atoms with E-state index in [4.69, 9.17) is 11.6 Å². The fraction of sp³-hybridized carbons (Fsp3) is 0.222. The molecule has 1 rings (SSSR count). The minimum atomic E-state index is -0.298. The number of anilines is 1. The summed E-state index contributed by atoms with van der Waals surface area (Å²) in [4.78, 5) is 10.8. The molecule has 0 radical (unpaired) electrons. The third kappa shape index (κ3) is 2.70.